The first kappa shape index (κ1) is 14.7. The van der Waals surface area contributed by atoms with Crippen molar-refractivity contribution >= 4 is 11.6 Å². The molecule has 0 unspecified atom stereocenters. The van der Waals surface area contributed by atoms with Crippen molar-refractivity contribution in [1.29, 1.82) is 0 Å². The monoisotopic (exact) mass is 253 g/mol. The van der Waals surface area contributed by atoms with Crippen LogP contribution < -0.4 is 16.2 Å². The summed E-state index contributed by atoms with van der Waals surface area (Å²) in [7, 11) is 1.70. The SMILES string of the molecule is CCc1nc(NN)c(C)c(N(CC)CCOC)n1. The minimum Gasteiger partial charge on any atom is -0.383 e. The lowest BCUT2D eigenvalue weighted by molar-refractivity contribution is 0.205. The Morgan fingerprint density at radius 3 is 2.56 bits per heavy atom. The van der Waals surface area contributed by atoms with E-state index in [0.29, 0.717) is 12.4 Å². The lowest BCUT2D eigenvalue weighted by Crippen LogP contribution is -2.29. The number of ether oxygens (including phenoxy) is 1. The maximum atomic E-state index is 5.50. The number of nitrogen functional groups attached to an aromatic ring is 1. The molecule has 1 aromatic rings. The third-order valence-corrected chi connectivity index (χ3v) is 2.87. The van der Waals surface area contributed by atoms with E-state index in [-0.39, 0.29) is 0 Å². The summed E-state index contributed by atoms with van der Waals surface area (Å²) < 4.78 is 5.12. The third kappa shape index (κ3) is 3.30. The number of rotatable bonds is 7. The van der Waals surface area contributed by atoms with Crippen molar-refractivity contribution in [3.8, 4) is 0 Å². The zero-order chi connectivity index (χ0) is 13.5. The predicted octanol–water partition coefficient (Wildman–Crippen LogP) is 1.11. The first-order chi connectivity index (χ1) is 8.67. The van der Waals surface area contributed by atoms with Crippen LogP contribution in [-0.2, 0) is 11.2 Å². The minimum absolute atomic E-state index is 0.671. The van der Waals surface area contributed by atoms with Gasteiger partial charge in [0.1, 0.15) is 17.5 Å². The molecule has 0 amide bonds. The number of likely N-dealkylation sites (N-methyl/N-ethyl adjacent to an activating group) is 1. The van der Waals surface area contributed by atoms with E-state index < -0.39 is 0 Å². The molecule has 0 saturated heterocycles. The number of anilines is 2. The van der Waals surface area contributed by atoms with Gasteiger partial charge in [-0.3, -0.25) is 0 Å². The highest BCUT2D eigenvalue weighted by molar-refractivity contribution is 5.58. The number of methoxy groups -OCH3 is 1. The zero-order valence-electron chi connectivity index (χ0n) is 11.7. The molecule has 0 aliphatic carbocycles. The summed E-state index contributed by atoms with van der Waals surface area (Å²) in [6.45, 7) is 8.44. The van der Waals surface area contributed by atoms with Crippen molar-refractivity contribution in [2.75, 3.05) is 37.1 Å². The predicted molar refractivity (Wildman–Crippen MR) is 73.7 cm³/mol. The van der Waals surface area contributed by atoms with Gasteiger partial charge in [0.05, 0.1) is 6.61 Å². The summed E-state index contributed by atoms with van der Waals surface area (Å²) in [4.78, 5) is 11.1. The normalized spacial score (nSPS) is 10.5. The molecule has 1 heterocycles. The largest absolute Gasteiger partial charge is 0.383 e. The molecule has 0 bridgehead atoms. The van der Waals surface area contributed by atoms with Gasteiger partial charge in [-0.15, -0.1) is 0 Å². The maximum Gasteiger partial charge on any atom is 0.148 e. The van der Waals surface area contributed by atoms with Gasteiger partial charge in [-0.05, 0) is 13.8 Å². The summed E-state index contributed by atoms with van der Waals surface area (Å²) in [6, 6.07) is 0. The van der Waals surface area contributed by atoms with Crippen LogP contribution in [0.1, 0.15) is 25.2 Å². The Labute approximate surface area is 109 Å². The molecule has 1 aromatic heterocycles. The van der Waals surface area contributed by atoms with Gasteiger partial charge in [-0.25, -0.2) is 15.8 Å². The summed E-state index contributed by atoms with van der Waals surface area (Å²) >= 11 is 0. The highest BCUT2D eigenvalue weighted by Gasteiger charge is 2.14. The fourth-order valence-corrected chi connectivity index (χ4v) is 1.77. The van der Waals surface area contributed by atoms with Crippen LogP contribution in [0.2, 0.25) is 0 Å². The Balaban J connectivity index is 3.10. The molecule has 0 aromatic carbocycles. The Kier molecular flexibility index (Phi) is 5.80. The fourth-order valence-electron chi connectivity index (χ4n) is 1.77. The van der Waals surface area contributed by atoms with Gasteiger partial charge in [-0.2, -0.15) is 0 Å². The third-order valence-electron chi connectivity index (χ3n) is 2.87. The second-order valence-corrected chi connectivity index (χ2v) is 4.01. The molecule has 0 aliphatic heterocycles. The van der Waals surface area contributed by atoms with Crippen LogP contribution in [0.15, 0.2) is 0 Å². The minimum atomic E-state index is 0.671. The number of nitrogens with two attached hydrogens (primary N) is 1. The number of hydrogen-bond acceptors (Lipinski definition) is 6. The highest BCUT2D eigenvalue weighted by Crippen LogP contribution is 2.23. The molecular formula is C12H23N5O. The number of hydrogen-bond donors (Lipinski definition) is 2. The van der Waals surface area contributed by atoms with E-state index in [1.807, 2.05) is 13.8 Å². The second-order valence-electron chi connectivity index (χ2n) is 4.01. The number of aromatic nitrogens is 2. The molecule has 0 fully saturated rings. The van der Waals surface area contributed by atoms with Gasteiger partial charge < -0.3 is 15.1 Å². The van der Waals surface area contributed by atoms with Crippen molar-refractivity contribution in [2.45, 2.75) is 27.2 Å². The van der Waals surface area contributed by atoms with Gasteiger partial charge in [0.2, 0.25) is 0 Å². The van der Waals surface area contributed by atoms with Gasteiger partial charge in [0, 0.05) is 32.2 Å². The molecule has 0 spiro atoms. The molecule has 0 saturated carbocycles. The molecule has 1 rings (SSSR count). The summed E-state index contributed by atoms with van der Waals surface area (Å²) in [5.41, 5.74) is 3.60. The zero-order valence-corrected chi connectivity index (χ0v) is 11.7. The summed E-state index contributed by atoms with van der Waals surface area (Å²) in [6.07, 6.45) is 0.782. The van der Waals surface area contributed by atoms with Crippen LogP contribution in [0.4, 0.5) is 11.6 Å². The van der Waals surface area contributed by atoms with Crippen LogP contribution in [0, 0.1) is 6.92 Å². The Hall–Kier alpha value is -1.40. The van der Waals surface area contributed by atoms with Crippen LogP contribution >= 0.6 is 0 Å². The first-order valence-electron chi connectivity index (χ1n) is 6.25. The lowest BCUT2D eigenvalue weighted by atomic mass is 10.2. The summed E-state index contributed by atoms with van der Waals surface area (Å²) in [5.74, 6) is 7.91. The van der Waals surface area contributed by atoms with Crippen LogP contribution in [0.25, 0.3) is 0 Å². The van der Waals surface area contributed by atoms with E-state index in [2.05, 4.69) is 27.2 Å². The van der Waals surface area contributed by atoms with Crippen molar-refractivity contribution < 1.29 is 4.74 Å². The van der Waals surface area contributed by atoms with E-state index in [1.165, 1.54) is 0 Å². The summed E-state index contributed by atoms with van der Waals surface area (Å²) in [5, 5.41) is 0. The van der Waals surface area contributed by atoms with Crippen molar-refractivity contribution in [2.24, 2.45) is 5.84 Å². The van der Waals surface area contributed by atoms with E-state index in [1.54, 1.807) is 7.11 Å². The molecule has 102 valence electrons. The van der Waals surface area contributed by atoms with Gasteiger partial charge >= 0.3 is 0 Å². The quantitative estimate of drug-likeness (QED) is 0.560. The Bertz CT molecular complexity index is 383. The molecule has 0 radical (unpaired) electrons. The molecule has 0 aliphatic rings. The van der Waals surface area contributed by atoms with Gasteiger partial charge in [0.15, 0.2) is 0 Å². The number of nitrogens with one attached hydrogen (secondary N) is 1. The van der Waals surface area contributed by atoms with E-state index in [9.17, 15) is 0 Å². The lowest BCUT2D eigenvalue weighted by Gasteiger charge is -2.24. The van der Waals surface area contributed by atoms with Crippen molar-refractivity contribution in [1.82, 2.24) is 9.97 Å². The number of aryl methyl sites for hydroxylation is 1. The molecule has 6 nitrogen and oxygen atoms in total. The second kappa shape index (κ2) is 7.13. The molecule has 18 heavy (non-hydrogen) atoms. The number of nitrogens with zero attached hydrogens (tertiary/aromatic N) is 3. The average Bonchev–Trinajstić information content (AvgIpc) is 2.41. The van der Waals surface area contributed by atoms with E-state index in [4.69, 9.17) is 10.6 Å². The average molecular weight is 253 g/mol. The van der Waals surface area contributed by atoms with Crippen molar-refractivity contribution in [3.63, 3.8) is 0 Å². The van der Waals surface area contributed by atoms with Gasteiger partial charge in [0.25, 0.3) is 0 Å². The Morgan fingerprint density at radius 1 is 1.33 bits per heavy atom. The first-order valence-corrected chi connectivity index (χ1v) is 6.25. The highest BCUT2D eigenvalue weighted by atomic mass is 16.5. The topological polar surface area (TPSA) is 76.3 Å². The molecule has 6 heteroatoms. The maximum absolute atomic E-state index is 5.50. The Morgan fingerprint density at radius 2 is 2.06 bits per heavy atom. The van der Waals surface area contributed by atoms with Crippen LogP contribution in [0.5, 0.6) is 0 Å². The van der Waals surface area contributed by atoms with Crippen LogP contribution in [-0.4, -0.2) is 36.8 Å². The number of hydrazine groups is 1. The standard InChI is InChI=1S/C12H23N5O/c1-5-10-14-11(16-13)9(3)12(15-10)17(6-2)7-8-18-4/h5-8,13H2,1-4H3,(H,14,15,16). The van der Waals surface area contributed by atoms with Crippen LogP contribution in [0.3, 0.4) is 0 Å². The molecule has 3 N–H and O–H groups in total. The van der Waals surface area contributed by atoms with E-state index >= 15 is 0 Å². The molecular weight excluding hydrogens is 230 g/mol. The molecule has 0 atom stereocenters. The van der Waals surface area contributed by atoms with Crippen molar-refractivity contribution in [3.05, 3.63) is 11.4 Å². The smallest absolute Gasteiger partial charge is 0.148 e. The fraction of sp³-hybridized carbons (Fsp3) is 0.667. The van der Waals surface area contributed by atoms with Gasteiger partial charge in [-0.1, -0.05) is 6.92 Å². The van der Waals surface area contributed by atoms with E-state index in [0.717, 1.165) is 36.7 Å².